The Morgan fingerprint density at radius 3 is 2.95 bits per heavy atom. The molecule has 2 unspecified atom stereocenters. The van der Waals surface area contributed by atoms with Gasteiger partial charge in [0.1, 0.15) is 16.7 Å². The highest BCUT2D eigenvalue weighted by molar-refractivity contribution is 7.09. The Morgan fingerprint density at radius 1 is 1.57 bits per heavy atom. The fourth-order valence-corrected chi connectivity index (χ4v) is 3.15. The molecule has 1 fully saturated rings. The topological polar surface area (TPSA) is 85.5 Å². The molecule has 116 valence electrons. The minimum absolute atomic E-state index is 0.196. The van der Waals surface area contributed by atoms with Crippen LogP contribution in [0.1, 0.15) is 54.6 Å². The number of esters is 1. The minimum Gasteiger partial charge on any atom is -0.464 e. The van der Waals surface area contributed by atoms with Crippen molar-refractivity contribution in [3.8, 4) is 0 Å². The van der Waals surface area contributed by atoms with E-state index in [0.29, 0.717) is 25.3 Å². The summed E-state index contributed by atoms with van der Waals surface area (Å²) in [4.78, 5) is 30.4. The average molecular weight is 311 g/mol. The number of likely N-dealkylation sites (tertiary alicyclic amines) is 1. The predicted molar refractivity (Wildman–Crippen MR) is 80.0 cm³/mol. The van der Waals surface area contributed by atoms with Gasteiger partial charge in [0, 0.05) is 11.9 Å². The number of hydrogen-bond donors (Lipinski definition) is 1. The number of amides is 1. The molecular formula is C14H21N3O3S. The van der Waals surface area contributed by atoms with Gasteiger partial charge in [-0.1, -0.05) is 0 Å². The summed E-state index contributed by atoms with van der Waals surface area (Å²) in [5.74, 6) is -0.538. The summed E-state index contributed by atoms with van der Waals surface area (Å²) in [6.45, 7) is 4.48. The van der Waals surface area contributed by atoms with Crippen molar-refractivity contribution in [2.75, 3.05) is 13.2 Å². The first-order valence-corrected chi connectivity index (χ1v) is 8.11. The number of aromatic nitrogens is 1. The first kappa shape index (κ1) is 15.9. The van der Waals surface area contributed by atoms with Crippen LogP contribution in [0.15, 0.2) is 5.38 Å². The number of hydrogen-bond acceptors (Lipinski definition) is 6. The summed E-state index contributed by atoms with van der Waals surface area (Å²) in [6.07, 6.45) is 2.47. The van der Waals surface area contributed by atoms with E-state index in [1.807, 2.05) is 6.92 Å². The van der Waals surface area contributed by atoms with Crippen molar-refractivity contribution in [2.24, 2.45) is 5.73 Å². The number of rotatable bonds is 4. The highest BCUT2D eigenvalue weighted by Crippen LogP contribution is 2.23. The molecule has 0 saturated carbocycles. The first-order chi connectivity index (χ1) is 10.0. The maximum absolute atomic E-state index is 12.6. The van der Waals surface area contributed by atoms with Crippen LogP contribution in [0.3, 0.4) is 0 Å². The van der Waals surface area contributed by atoms with Gasteiger partial charge in [0.05, 0.1) is 12.6 Å². The molecule has 0 bridgehead atoms. The standard InChI is InChI=1S/C14H21N3O3S/c1-3-20-14(19)11-6-4-5-7-17(11)13(18)10-8-21-12(16-10)9(2)15/h8-9,11H,3-7,15H2,1-2H3. The van der Waals surface area contributed by atoms with Gasteiger partial charge in [-0.2, -0.15) is 0 Å². The van der Waals surface area contributed by atoms with Crippen LogP contribution < -0.4 is 5.73 Å². The Labute approximate surface area is 128 Å². The van der Waals surface area contributed by atoms with Crippen LogP contribution in [0, 0.1) is 0 Å². The summed E-state index contributed by atoms with van der Waals surface area (Å²) >= 11 is 1.37. The van der Waals surface area contributed by atoms with Gasteiger partial charge in [-0.15, -0.1) is 11.3 Å². The Hall–Kier alpha value is -1.47. The summed E-state index contributed by atoms with van der Waals surface area (Å²) in [5, 5.41) is 2.43. The van der Waals surface area contributed by atoms with Crippen molar-refractivity contribution in [3.63, 3.8) is 0 Å². The summed E-state index contributed by atoms with van der Waals surface area (Å²) in [5.41, 5.74) is 6.13. The van der Waals surface area contributed by atoms with Crippen molar-refractivity contribution in [2.45, 2.75) is 45.2 Å². The van der Waals surface area contributed by atoms with Gasteiger partial charge in [-0.25, -0.2) is 9.78 Å². The zero-order valence-electron chi connectivity index (χ0n) is 12.4. The lowest BCUT2D eigenvalue weighted by Crippen LogP contribution is -2.48. The first-order valence-electron chi connectivity index (χ1n) is 7.23. The van der Waals surface area contributed by atoms with Gasteiger partial charge >= 0.3 is 5.97 Å². The molecular weight excluding hydrogens is 290 g/mol. The molecule has 0 spiro atoms. The van der Waals surface area contributed by atoms with E-state index in [0.717, 1.165) is 17.8 Å². The number of piperidine rings is 1. The number of carbonyl (C=O) groups excluding carboxylic acids is 2. The third kappa shape index (κ3) is 3.59. The van der Waals surface area contributed by atoms with Gasteiger partial charge in [0.2, 0.25) is 0 Å². The second kappa shape index (κ2) is 7.00. The summed E-state index contributed by atoms with van der Waals surface area (Å²) in [7, 11) is 0. The molecule has 1 saturated heterocycles. The van der Waals surface area contributed by atoms with E-state index in [2.05, 4.69) is 4.98 Å². The van der Waals surface area contributed by atoms with Gasteiger partial charge in [-0.3, -0.25) is 4.79 Å². The lowest BCUT2D eigenvalue weighted by Gasteiger charge is -2.33. The SMILES string of the molecule is CCOC(=O)C1CCCCN1C(=O)c1csc(C(C)N)n1. The average Bonchev–Trinajstić information content (AvgIpc) is 2.97. The van der Waals surface area contributed by atoms with Crippen LogP contribution in [-0.2, 0) is 9.53 Å². The molecule has 7 heteroatoms. The van der Waals surface area contributed by atoms with E-state index in [-0.39, 0.29) is 17.9 Å². The van der Waals surface area contributed by atoms with Crippen LogP contribution in [0.2, 0.25) is 0 Å². The van der Waals surface area contributed by atoms with Gasteiger partial charge in [0.25, 0.3) is 5.91 Å². The van der Waals surface area contributed by atoms with Crippen molar-refractivity contribution in [1.82, 2.24) is 9.88 Å². The molecule has 0 radical (unpaired) electrons. The number of ether oxygens (including phenoxy) is 1. The zero-order chi connectivity index (χ0) is 15.4. The molecule has 6 nitrogen and oxygen atoms in total. The van der Waals surface area contributed by atoms with Gasteiger partial charge in [0.15, 0.2) is 0 Å². The molecule has 0 aromatic carbocycles. The van der Waals surface area contributed by atoms with Crippen molar-refractivity contribution in [3.05, 3.63) is 16.1 Å². The third-order valence-electron chi connectivity index (χ3n) is 3.45. The molecule has 0 aliphatic carbocycles. The van der Waals surface area contributed by atoms with Gasteiger partial charge < -0.3 is 15.4 Å². The third-order valence-corrected chi connectivity index (χ3v) is 4.50. The Morgan fingerprint density at radius 2 is 2.33 bits per heavy atom. The van der Waals surface area contributed by atoms with Crippen molar-refractivity contribution < 1.29 is 14.3 Å². The quantitative estimate of drug-likeness (QED) is 0.856. The summed E-state index contributed by atoms with van der Waals surface area (Å²) < 4.78 is 5.07. The number of nitrogens with zero attached hydrogens (tertiary/aromatic N) is 2. The molecule has 1 amide bonds. The minimum atomic E-state index is -0.494. The number of nitrogens with two attached hydrogens (primary N) is 1. The van der Waals surface area contributed by atoms with E-state index < -0.39 is 6.04 Å². The van der Waals surface area contributed by atoms with Crippen LogP contribution >= 0.6 is 11.3 Å². The Bertz CT molecular complexity index is 515. The molecule has 1 aromatic rings. The molecule has 21 heavy (non-hydrogen) atoms. The smallest absolute Gasteiger partial charge is 0.328 e. The fraction of sp³-hybridized carbons (Fsp3) is 0.643. The maximum Gasteiger partial charge on any atom is 0.328 e. The molecule has 1 aliphatic heterocycles. The molecule has 2 atom stereocenters. The second-order valence-electron chi connectivity index (χ2n) is 5.12. The second-order valence-corrected chi connectivity index (χ2v) is 6.01. The lowest BCUT2D eigenvalue weighted by molar-refractivity contribution is -0.149. The predicted octanol–water partition coefficient (Wildman–Crippen LogP) is 1.72. The largest absolute Gasteiger partial charge is 0.464 e. The molecule has 1 aromatic heterocycles. The molecule has 1 aliphatic rings. The monoisotopic (exact) mass is 311 g/mol. The number of carbonyl (C=O) groups is 2. The van der Waals surface area contributed by atoms with Crippen molar-refractivity contribution in [1.29, 1.82) is 0 Å². The van der Waals surface area contributed by atoms with Gasteiger partial charge in [-0.05, 0) is 33.1 Å². The Balaban J connectivity index is 2.15. The summed E-state index contributed by atoms with van der Waals surface area (Å²) in [6, 6.07) is -0.689. The lowest BCUT2D eigenvalue weighted by atomic mass is 10.0. The van der Waals surface area contributed by atoms with E-state index in [1.54, 1.807) is 17.2 Å². The van der Waals surface area contributed by atoms with E-state index >= 15 is 0 Å². The Kier molecular flexibility index (Phi) is 5.30. The van der Waals surface area contributed by atoms with E-state index in [9.17, 15) is 9.59 Å². The van der Waals surface area contributed by atoms with Crippen LogP contribution in [-0.4, -0.2) is 41.0 Å². The highest BCUT2D eigenvalue weighted by Gasteiger charge is 2.34. The maximum atomic E-state index is 12.6. The highest BCUT2D eigenvalue weighted by atomic mass is 32.1. The van der Waals surface area contributed by atoms with Crippen molar-refractivity contribution >= 4 is 23.2 Å². The van der Waals surface area contributed by atoms with Crippen LogP contribution in [0.4, 0.5) is 0 Å². The molecule has 2 heterocycles. The van der Waals surface area contributed by atoms with Crippen LogP contribution in [0.25, 0.3) is 0 Å². The van der Waals surface area contributed by atoms with E-state index in [4.69, 9.17) is 10.5 Å². The zero-order valence-corrected chi connectivity index (χ0v) is 13.2. The van der Waals surface area contributed by atoms with Crippen LogP contribution in [0.5, 0.6) is 0 Å². The molecule has 2 rings (SSSR count). The number of thiazole rings is 1. The normalized spacial score (nSPS) is 20.1. The van der Waals surface area contributed by atoms with E-state index in [1.165, 1.54) is 11.3 Å². The molecule has 2 N–H and O–H groups in total. The fourth-order valence-electron chi connectivity index (χ4n) is 2.40.